The van der Waals surface area contributed by atoms with Gasteiger partial charge in [-0.3, -0.25) is 4.98 Å². The molecule has 2 unspecified atom stereocenters. The molecule has 0 aliphatic carbocycles. The average molecular weight is 408 g/mol. The van der Waals surface area contributed by atoms with Crippen molar-refractivity contribution in [1.82, 2.24) is 25.5 Å². The Morgan fingerprint density at radius 1 is 1.10 bits per heavy atom. The second-order valence-electron chi connectivity index (χ2n) is 8.44. The van der Waals surface area contributed by atoms with Gasteiger partial charge in [0.2, 0.25) is 0 Å². The molecule has 30 heavy (non-hydrogen) atoms. The maximum absolute atomic E-state index is 15.0. The summed E-state index contributed by atoms with van der Waals surface area (Å²) in [5, 5.41) is 24.2. The molecule has 2 bridgehead atoms. The maximum atomic E-state index is 15.0. The number of piperidine rings is 2. The van der Waals surface area contributed by atoms with E-state index in [1.54, 1.807) is 18.5 Å². The van der Waals surface area contributed by atoms with Gasteiger partial charge in [0.05, 0.1) is 17.8 Å². The molecular weight excluding hydrogens is 383 g/mol. The summed E-state index contributed by atoms with van der Waals surface area (Å²) < 4.78 is 15.0. The molecule has 2 saturated heterocycles. The summed E-state index contributed by atoms with van der Waals surface area (Å²) in [6.07, 6.45) is 6.21. The number of phenolic OH excluding ortho intramolecular Hbond substituents is 1. The van der Waals surface area contributed by atoms with Gasteiger partial charge >= 0.3 is 0 Å². The van der Waals surface area contributed by atoms with Gasteiger partial charge in [0.15, 0.2) is 11.6 Å². The molecule has 1 aromatic carbocycles. The van der Waals surface area contributed by atoms with Crippen LogP contribution in [0.1, 0.15) is 31.4 Å². The molecule has 2 N–H and O–H groups in total. The topological polar surface area (TPSA) is 87.1 Å². The van der Waals surface area contributed by atoms with Crippen molar-refractivity contribution in [2.24, 2.45) is 0 Å². The van der Waals surface area contributed by atoms with Gasteiger partial charge in [0.25, 0.3) is 0 Å². The number of alkyl halides is 1. The van der Waals surface area contributed by atoms with Crippen LogP contribution in [0.3, 0.4) is 0 Å². The lowest BCUT2D eigenvalue weighted by molar-refractivity contribution is 0.107. The fraction of sp³-hybridized carbons (Fsp3) is 0.455. The van der Waals surface area contributed by atoms with E-state index in [2.05, 4.69) is 25.5 Å². The Morgan fingerprint density at radius 3 is 2.77 bits per heavy atom. The highest BCUT2D eigenvalue weighted by molar-refractivity contribution is 5.89. The Kier molecular flexibility index (Phi) is 4.73. The highest BCUT2D eigenvalue weighted by atomic mass is 19.1. The van der Waals surface area contributed by atoms with Gasteiger partial charge in [-0.15, -0.1) is 10.2 Å². The van der Waals surface area contributed by atoms with Crippen LogP contribution in [-0.4, -0.2) is 56.6 Å². The second kappa shape index (κ2) is 7.43. The maximum Gasteiger partial charge on any atom is 0.185 e. The first kappa shape index (κ1) is 19.1. The summed E-state index contributed by atoms with van der Waals surface area (Å²) in [5.41, 5.74) is 1.38. The Labute approximate surface area is 174 Å². The van der Waals surface area contributed by atoms with E-state index in [4.69, 9.17) is 0 Å². The highest BCUT2D eigenvalue weighted by Crippen LogP contribution is 2.33. The quantitative estimate of drug-likeness (QED) is 0.688. The van der Waals surface area contributed by atoms with Gasteiger partial charge in [-0.1, -0.05) is 6.42 Å². The number of phenols is 1. The van der Waals surface area contributed by atoms with Crippen LogP contribution in [0.25, 0.3) is 22.2 Å². The molecule has 0 radical (unpaired) electrons. The smallest absolute Gasteiger partial charge is 0.185 e. The predicted molar refractivity (Wildman–Crippen MR) is 113 cm³/mol. The van der Waals surface area contributed by atoms with E-state index in [9.17, 15) is 5.11 Å². The number of hydrogen-bond donors (Lipinski definition) is 2. The molecule has 0 spiro atoms. The first-order valence-electron chi connectivity index (χ1n) is 10.4. The molecule has 0 amide bonds. The summed E-state index contributed by atoms with van der Waals surface area (Å²) in [7, 11) is 1.85. The number of halogens is 1. The number of hydrogen-bond acceptors (Lipinski definition) is 7. The molecule has 0 saturated carbocycles. The van der Waals surface area contributed by atoms with E-state index in [1.807, 2.05) is 31.0 Å². The first-order chi connectivity index (χ1) is 14.5. The van der Waals surface area contributed by atoms with Crippen LogP contribution >= 0.6 is 0 Å². The van der Waals surface area contributed by atoms with Crippen LogP contribution in [0, 0.1) is 6.92 Å². The van der Waals surface area contributed by atoms with Crippen LogP contribution in [0.2, 0.25) is 0 Å². The molecule has 4 heterocycles. The van der Waals surface area contributed by atoms with Crippen molar-refractivity contribution in [2.75, 3.05) is 11.9 Å². The van der Waals surface area contributed by atoms with Crippen LogP contribution in [0.4, 0.5) is 10.2 Å². The number of nitrogens with one attached hydrogen (secondary N) is 1. The predicted octanol–water partition coefficient (Wildman–Crippen LogP) is 3.16. The van der Waals surface area contributed by atoms with Crippen molar-refractivity contribution >= 4 is 16.6 Å². The normalized spacial score (nSPS) is 26.0. The number of aromatic nitrogens is 4. The Bertz CT molecular complexity index is 1080. The van der Waals surface area contributed by atoms with Gasteiger partial charge < -0.3 is 15.3 Å². The summed E-state index contributed by atoms with van der Waals surface area (Å²) in [5.74, 6) is 0.945. The van der Waals surface area contributed by atoms with Gasteiger partial charge in [0.1, 0.15) is 11.9 Å². The van der Waals surface area contributed by atoms with Crippen LogP contribution in [0.15, 0.2) is 30.6 Å². The third kappa shape index (κ3) is 3.35. The zero-order valence-electron chi connectivity index (χ0n) is 17.1. The Morgan fingerprint density at radius 2 is 1.97 bits per heavy atom. The number of aryl methyl sites for hydroxylation is 1. The lowest BCUT2D eigenvalue weighted by Gasteiger charge is -2.45. The zero-order valence-corrected chi connectivity index (χ0v) is 17.1. The lowest BCUT2D eigenvalue weighted by Crippen LogP contribution is -2.61. The molecule has 7 nitrogen and oxygen atoms in total. The number of aromatic hydroxyl groups is 1. The van der Waals surface area contributed by atoms with Crippen molar-refractivity contribution < 1.29 is 9.50 Å². The number of rotatable bonds is 3. The number of anilines is 1. The summed E-state index contributed by atoms with van der Waals surface area (Å²) in [4.78, 5) is 10.6. The SMILES string of the molecule is Cc1cc2cc(O)c(-c3ncc(N(C)[C@@H]4CC5CCCC(N5)[C@@H]4F)nn3)cc2cn1. The molecular formula is C22H25FN6O. The van der Waals surface area contributed by atoms with E-state index in [0.29, 0.717) is 23.2 Å². The molecule has 3 aromatic rings. The minimum absolute atomic E-state index is 0.0862. The number of pyridine rings is 1. The van der Waals surface area contributed by atoms with Gasteiger partial charge in [-0.2, -0.15) is 0 Å². The first-order valence-corrected chi connectivity index (χ1v) is 10.4. The summed E-state index contributed by atoms with van der Waals surface area (Å²) >= 11 is 0. The van der Waals surface area contributed by atoms with Crippen LogP contribution in [-0.2, 0) is 0 Å². The van der Waals surface area contributed by atoms with Crippen LogP contribution in [0.5, 0.6) is 5.75 Å². The molecule has 2 fully saturated rings. The van der Waals surface area contributed by atoms with E-state index in [-0.39, 0.29) is 17.8 Å². The molecule has 2 aromatic heterocycles. The molecule has 4 atom stereocenters. The van der Waals surface area contributed by atoms with Crippen molar-refractivity contribution in [3.63, 3.8) is 0 Å². The molecule has 2 aliphatic heterocycles. The minimum atomic E-state index is -0.950. The third-order valence-electron chi connectivity index (χ3n) is 6.42. The van der Waals surface area contributed by atoms with Crippen molar-refractivity contribution in [2.45, 2.75) is 56.9 Å². The summed E-state index contributed by atoms with van der Waals surface area (Å²) in [6, 6.07) is 5.43. The molecule has 156 valence electrons. The average Bonchev–Trinajstić information content (AvgIpc) is 2.76. The van der Waals surface area contributed by atoms with Gasteiger partial charge in [-0.25, -0.2) is 9.37 Å². The number of benzene rings is 1. The Balaban J connectivity index is 1.41. The summed E-state index contributed by atoms with van der Waals surface area (Å²) in [6.45, 7) is 1.91. The highest BCUT2D eigenvalue weighted by Gasteiger charge is 2.42. The van der Waals surface area contributed by atoms with E-state index < -0.39 is 6.17 Å². The van der Waals surface area contributed by atoms with E-state index in [1.165, 1.54) is 0 Å². The molecule has 2 aliphatic rings. The second-order valence-corrected chi connectivity index (χ2v) is 8.44. The van der Waals surface area contributed by atoms with E-state index in [0.717, 1.165) is 42.1 Å². The molecule has 5 rings (SSSR count). The largest absolute Gasteiger partial charge is 0.507 e. The monoisotopic (exact) mass is 408 g/mol. The third-order valence-corrected chi connectivity index (χ3v) is 6.42. The minimum Gasteiger partial charge on any atom is -0.507 e. The van der Waals surface area contributed by atoms with Crippen molar-refractivity contribution in [1.29, 1.82) is 0 Å². The zero-order chi connectivity index (χ0) is 20.8. The van der Waals surface area contributed by atoms with Crippen molar-refractivity contribution in [3.05, 3.63) is 36.3 Å². The fourth-order valence-corrected chi connectivity index (χ4v) is 4.75. The Hall–Kier alpha value is -2.87. The van der Waals surface area contributed by atoms with Gasteiger partial charge in [0, 0.05) is 36.4 Å². The fourth-order valence-electron chi connectivity index (χ4n) is 4.75. The molecule has 8 heteroatoms. The number of fused-ring (bicyclic) bond motifs is 3. The van der Waals surface area contributed by atoms with E-state index >= 15 is 4.39 Å². The standard InChI is InChI=1S/C22H25FN6O/c1-12-6-13-8-19(30)16(7-14(13)10-24-12)22-25-11-20(27-28-22)29(2)18-9-15-4-3-5-17(26-15)21(18)23/h6-8,10-11,15,17-18,21,26,30H,3-5,9H2,1-2H3/t15?,17?,18-,21+/m1/s1. The van der Waals surface area contributed by atoms with Crippen LogP contribution < -0.4 is 10.2 Å². The van der Waals surface area contributed by atoms with Crippen molar-refractivity contribution in [3.8, 4) is 17.1 Å². The number of nitrogens with zero attached hydrogens (tertiary/aromatic N) is 5. The lowest BCUT2D eigenvalue weighted by atomic mass is 9.82. The van der Waals surface area contributed by atoms with Gasteiger partial charge in [-0.05, 0) is 49.8 Å².